The Bertz CT molecular complexity index is 507. The van der Waals surface area contributed by atoms with Gasteiger partial charge in [-0.2, -0.15) is 13.2 Å². The lowest BCUT2D eigenvalue weighted by Gasteiger charge is -2.29. The van der Waals surface area contributed by atoms with E-state index in [4.69, 9.17) is 5.11 Å². The lowest BCUT2D eigenvalue weighted by atomic mass is 10.3. The van der Waals surface area contributed by atoms with Crippen molar-refractivity contribution in [3.63, 3.8) is 0 Å². The third-order valence-electron chi connectivity index (χ3n) is 2.77. The predicted octanol–water partition coefficient (Wildman–Crippen LogP) is 1.09. The van der Waals surface area contributed by atoms with Gasteiger partial charge >= 0.3 is 18.1 Å². The topological polar surface area (TPSA) is 62.5 Å². The molecule has 0 spiro atoms. The summed E-state index contributed by atoms with van der Waals surface area (Å²) in [6.45, 7) is -0.336. The first-order valence-electron chi connectivity index (χ1n) is 5.08. The molecule has 2 rings (SSSR count). The number of rotatable bonds is 1. The van der Waals surface area contributed by atoms with Crippen LogP contribution in [0.3, 0.4) is 0 Å². The molecule has 2 heterocycles. The molecule has 1 aromatic rings. The molecule has 0 aliphatic carbocycles. The Morgan fingerprint density at radius 1 is 1.22 bits per heavy atom. The van der Waals surface area contributed by atoms with Gasteiger partial charge in [-0.15, -0.1) is 0 Å². The van der Waals surface area contributed by atoms with Crippen LogP contribution >= 0.6 is 0 Å². The van der Waals surface area contributed by atoms with Crippen LogP contribution in [0.2, 0.25) is 0 Å². The maximum Gasteiger partial charge on any atom is 0.471 e. The fourth-order valence-corrected chi connectivity index (χ4v) is 1.95. The third-order valence-corrected chi connectivity index (χ3v) is 2.77. The summed E-state index contributed by atoms with van der Waals surface area (Å²) in [5, 5.41) is 8.85. The molecule has 0 unspecified atom stereocenters. The molecule has 5 nitrogen and oxygen atoms in total. The van der Waals surface area contributed by atoms with Crippen LogP contribution < -0.4 is 0 Å². The van der Waals surface area contributed by atoms with Crippen LogP contribution in [-0.2, 0) is 17.9 Å². The molecule has 1 N–H and O–H groups in total. The average Bonchev–Trinajstić information content (AvgIpc) is 2.69. The van der Waals surface area contributed by atoms with Crippen molar-refractivity contribution in [1.82, 2.24) is 9.47 Å². The molecule has 18 heavy (non-hydrogen) atoms. The van der Waals surface area contributed by atoms with E-state index in [0.29, 0.717) is 10.6 Å². The minimum Gasteiger partial charge on any atom is -0.477 e. The highest BCUT2D eigenvalue weighted by Gasteiger charge is 2.43. The van der Waals surface area contributed by atoms with Crippen LogP contribution in [0.1, 0.15) is 16.2 Å². The quantitative estimate of drug-likeness (QED) is 0.824. The number of aromatic nitrogens is 1. The number of halogens is 3. The standard InChI is InChI=1S/C10H9F3N2O3/c11-10(12,13)9(18)14-3-4-15-6(5-14)1-2-7(15)8(16)17/h1-2H,3-5H2,(H,16,17). The highest BCUT2D eigenvalue weighted by atomic mass is 19.4. The second-order valence-corrected chi connectivity index (χ2v) is 3.89. The van der Waals surface area contributed by atoms with Gasteiger partial charge in [-0.25, -0.2) is 4.79 Å². The minimum atomic E-state index is -4.90. The Morgan fingerprint density at radius 3 is 2.44 bits per heavy atom. The molecular weight excluding hydrogens is 253 g/mol. The van der Waals surface area contributed by atoms with Gasteiger partial charge in [-0.3, -0.25) is 4.79 Å². The monoisotopic (exact) mass is 262 g/mol. The predicted molar refractivity (Wildman–Crippen MR) is 52.9 cm³/mol. The Hall–Kier alpha value is -1.99. The van der Waals surface area contributed by atoms with E-state index < -0.39 is 18.1 Å². The number of carboxylic acids is 1. The number of amides is 1. The molecule has 0 bridgehead atoms. The summed E-state index contributed by atoms with van der Waals surface area (Å²) in [6.07, 6.45) is -4.90. The van der Waals surface area contributed by atoms with Gasteiger partial charge in [0.1, 0.15) is 5.69 Å². The fourth-order valence-electron chi connectivity index (χ4n) is 1.95. The normalized spacial score (nSPS) is 15.4. The Kier molecular flexibility index (Phi) is 2.80. The first kappa shape index (κ1) is 12.5. The largest absolute Gasteiger partial charge is 0.477 e. The van der Waals surface area contributed by atoms with Crippen molar-refractivity contribution in [2.24, 2.45) is 0 Å². The second-order valence-electron chi connectivity index (χ2n) is 3.89. The van der Waals surface area contributed by atoms with E-state index in [2.05, 4.69) is 0 Å². The highest BCUT2D eigenvalue weighted by Crippen LogP contribution is 2.23. The molecule has 0 aromatic carbocycles. The van der Waals surface area contributed by atoms with E-state index in [1.807, 2.05) is 0 Å². The first-order chi connectivity index (χ1) is 8.30. The fraction of sp³-hybridized carbons (Fsp3) is 0.400. The minimum absolute atomic E-state index is 0.0177. The van der Waals surface area contributed by atoms with Crippen LogP contribution in [0.4, 0.5) is 13.2 Å². The average molecular weight is 262 g/mol. The van der Waals surface area contributed by atoms with Crippen molar-refractivity contribution in [1.29, 1.82) is 0 Å². The number of nitrogens with zero attached hydrogens (tertiary/aromatic N) is 2. The van der Waals surface area contributed by atoms with Gasteiger partial charge in [0.05, 0.1) is 6.54 Å². The zero-order valence-electron chi connectivity index (χ0n) is 9.07. The molecular formula is C10H9F3N2O3. The van der Waals surface area contributed by atoms with Crippen LogP contribution in [-0.4, -0.2) is 39.2 Å². The van der Waals surface area contributed by atoms with Gasteiger partial charge in [0.25, 0.3) is 0 Å². The number of hydrogen-bond acceptors (Lipinski definition) is 2. The van der Waals surface area contributed by atoms with Crippen LogP contribution in [0.25, 0.3) is 0 Å². The molecule has 0 fully saturated rings. The lowest BCUT2D eigenvalue weighted by molar-refractivity contribution is -0.186. The van der Waals surface area contributed by atoms with Crippen molar-refractivity contribution in [2.75, 3.05) is 6.54 Å². The van der Waals surface area contributed by atoms with Crippen molar-refractivity contribution in [3.8, 4) is 0 Å². The maximum atomic E-state index is 12.3. The molecule has 8 heteroatoms. The summed E-state index contributed by atoms with van der Waals surface area (Å²) < 4.78 is 38.2. The van der Waals surface area contributed by atoms with Gasteiger partial charge < -0.3 is 14.6 Å². The molecule has 1 amide bonds. The molecule has 98 valence electrons. The summed E-state index contributed by atoms with van der Waals surface area (Å²) in [5.41, 5.74) is 0.403. The van der Waals surface area contributed by atoms with Gasteiger partial charge in [-0.05, 0) is 12.1 Å². The molecule has 1 aliphatic heterocycles. The maximum absolute atomic E-state index is 12.3. The van der Waals surface area contributed by atoms with E-state index in [0.717, 1.165) is 0 Å². The van der Waals surface area contributed by atoms with Gasteiger partial charge in [0.15, 0.2) is 0 Å². The summed E-state index contributed by atoms with van der Waals surface area (Å²) in [4.78, 5) is 22.5. The lowest BCUT2D eigenvalue weighted by Crippen LogP contribution is -2.45. The second kappa shape index (κ2) is 4.04. The van der Waals surface area contributed by atoms with Crippen LogP contribution in [0.5, 0.6) is 0 Å². The van der Waals surface area contributed by atoms with Crippen molar-refractivity contribution >= 4 is 11.9 Å². The first-order valence-corrected chi connectivity index (χ1v) is 5.08. The summed E-state index contributed by atoms with van der Waals surface area (Å²) in [6, 6.07) is 2.73. The summed E-state index contributed by atoms with van der Waals surface area (Å²) in [5.74, 6) is -3.04. The van der Waals surface area contributed by atoms with E-state index in [-0.39, 0.29) is 25.3 Å². The molecule has 1 aliphatic rings. The van der Waals surface area contributed by atoms with Crippen molar-refractivity contribution in [2.45, 2.75) is 19.3 Å². The van der Waals surface area contributed by atoms with Gasteiger partial charge in [0.2, 0.25) is 0 Å². The number of fused-ring (bicyclic) bond motifs is 1. The number of alkyl halides is 3. The summed E-state index contributed by atoms with van der Waals surface area (Å²) >= 11 is 0. The van der Waals surface area contributed by atoms with E-state index in [1.165, 1.54) is 16.7 Å². The number of carboxylic acid groups (broad SMARTS) is 1. The number of aromatic carboxylic acids is 1. The van der Waals surface area contributed by atoms with E-state index in [1.54, 1.807) is 0 Å². The van der Waals surface area contributed by atoms with Crippen molar-refractivity contribution in [3.05, 3.63) is 23.5 Å². The molecule has 0 atom stereocenters. The van der Waals surface area contributed by atoms with Gasteiger partial charge in [0, 0.05) is 18.8 Å². The number of carbonyl (C=O) groups is 2. The molecule has 0 saturated carbocycles. The number of hydrogen-bond donors (Lipinski definition) is 1. The van der Waals surface area contributed by atoms with Crippen LogP contribution in [0, 0.1) is 0 Å². The third kappa shape index (κ3) is 2.05. The zero-order valence-corrected chi connectivity index (χ0v) is 9.07. The van der Waals surface area contributed by atoms with Gasteiger partial charge in [-0.1, -0.05) is 0 Å². The Morgan fingerprint density at radius 2 is 1.89 bits per heavy atom. The smallest absolute Gasteiger partial charge is 0.471 e. The van der Waals surface area contributed by atoms with E-state index in [9.17, 15) is 22.8 Å². The molecule has 0 saturated heterocycles. The molecule has 0 radical (unpaired) electrons. The zero-order chi connectivity index (χ0) is 13.5. The van der Waals surface area contributed by atoms with E-state index >= 15 is 0 Å². The summed E-state index contributed by atoms with van der Waals surface area (Å²) in [7, 11) is 0. The van der Waals surface area contributed by atoms with Crippen LogP contribution in [0.15, 0.2) is 12.1 Å². The highest BCUT2D eigenvalue weighted by molar-refractivity contribution is 5.86. The van der Waals surface area contributed by atoms with Crippen molar-refractivity contribution < 1.29 is 27.9 Å². The SMILES string of the molecule is O=C(O)c1ccc2n1CCN(C(=O)C(F)(F)F)C2. The Balaban J connectivity index is 2.22. The number of carbonyl (C=O) groups excluding carboxylic acids is 1. The Labute approximate surface area is 99.4 Å². The molecule has 1 aromatic heterocycles.